The van der Waals surface area contributed by atoms with E-state index < -0.39 is 0 Å². The third-order valence-corrected chi connectivity index (χ3v) is 5.54. The Morgan fingerprint density at radius 3 is 2.61 bits per heavy atom. The Labute approximate surface area is 182 Å². The molecule has 2 aromatic heterocycles. The number of benzene rings is 1. The van der Waals surface area contributed by atoms with Crippen molar-refractivity contribution in [3.63, 3.8) is 0 Å². The number of rotatable bonds is 6. The molecule has 1 fully saturated rings. The standard InChI is InChI=1S/C24H29N5O2/c1-16(2)31-24(30)20-12-13-26-15-22(20)27-23-14-21(17-6-4-3-5-7-17)28-29(23)19-10-8-18(25)9-11-19/h3-7,12-16,18-19,27H,8-11,25H2,1-2H3. The molecule has 1 aliphatic carbocycles. The Hall–Kier alpha value is -3.19. The second kappa shape index (κ2) is 9.31. The first kappa shape index (κ1) is 21.1. The monoisotopic (exact) mass is 419 g/mol. The SMILES string of the molecule is CC(C)OC(=O)c1ccncc1Nc1cc(-c2ccccc2)nn1C1CCC(N)CC1. The molecule has 7 heteroatoms. The highest BCUT2D eigenvalue weighted by molar-refractivity contribution is 5.96. The number of hydrogen-bond acceptors (Lipinski definition) is 6. The van der Waals surface area contributed by atoms with Crippen molar-refractivity contribution in [1.82, 2.24) is 14.8 Å². The molecule has 1 saturated carbocycles. The number of nitrogens with one attached hydrogen (secondary N) is 1. The molecule has 2 heterocycles. The summed E-state index contributed by atoms with van der Waals surface area (Å²) in [7, 11) is 0. The highest BCUT2D eigenvalue weighted by Crippen LogP contribution is 2.34. The Kier molecular flexibility index (Phi) is 6.32. The van der Waals surface area contributed by atoms with E-state index in [4.69, 9.17) is 15.6 Å². The van der Waals surface area contributed by atoms with Gasteiger partial charge in [-0.05, 0) is 45.6 Å². The van der Waals surface area contributed by atoms with Crippen LogP contribution in [0.1, 0.15) is 55.9 Å². The van der Waals surface area contributed by atoms with Crippen LogP contribution in [-0.2, 0) is 4.74 Å². The van der Waals surface area contributed by atoms with Crippen molar-refractivity contribution in [3.8, 4) is 11.3 Å². The summed E-state index contributed by atoms with van der Waals surface area (Å²) in [6, 6.07) is 14.3. The quantitative estimate of drug-likeness (QED) is 0.563. The average molecular weight is 420 g/mol. The molecule has 0 aliphatic heterocycles. The summed E-state index contributed by atoms with van der Waals surface area (Å²) in [5.41, 5.74) is 9.09. The molecule has 0 unspecified atom stereocenters. The molecule has 0 atom stereocenters. The van der Waals surface area contributed by atoms with Gasteiger partial charge in [-0.2, -0.15) is 5.10 Å². The van der Waals surface area contributed by atoms with E-state index in [0.29, 0.717) is 11.3 Å². The van der Waals surface area contributed by atoms with Gasteiger partial charge in [-0.15, -0.1) is 0 Å². The lowest BCUT2D eigenvalue weighted by molar-refractivity contribution is 0.0379. The van der Waals surface area contributed by atoms with Crippen molar-refractivity contribution in [3.05, 3.63) is 60.4 Å². The van der Waals surface area contributed by atoms with Gasteiger partial charge in [0.05, 0.1) is 35.3 Å². The molecule has 1 aromatic carbocycles. The summed E-state index contributed by atoms with van der Waals surface area (Å²) in [6.45, 7) is 3.67. The molecule has 4 rings (SSSR count). The Balaban J connectivity index is 1.69. The molecule has 3 aromatic rings. The third-order valence-electron chi connectivity index (χ3n) is 5.54. The molecule has 0 saturated heterocycles. The largest absolute Gasteiger partial charge is 0.459 e. The van der Waals surface area contributed by atoms with Gasteiger partial charge in [-0.25, -0.2) is 9.48 Å². The maximum absolute atomic E-state index is 12.6. The Morgan fingerprint density at radius 2 is 1.90 bits per heavy atom. The number of ether oxygens (including phenoxy) is 1. The zero-order chi connectivity index (χ0) is 21.8. The maximum atomic E-state index is 12.6. The second-order valence-electron chi connectivity index (χ2n) is 8.29. The smallest absolute Gasteiger partial charge is 0.340 e. The summed E-state index contributed by atoms with van der Waals surface area (Å²) in [6.07, 6.45) is 6.94. The average Bonchev–Trinajstić information content (AvgIpc) is 3.18. The van der Waals surface area contributed by atoms with E-state index >= 15 is 0 Å². The Morgan fingerprint density at radius 1 is 1.16 bits per heavy atom. The topological polar surface area (TPSA) is 95.1 Å². The highest BCUT2D eigenvalue weighted by Gasteiger charge is 2.24. The molecule has 3 N–H and O–H groups in total. The van der Waals surface area contributed by atoms with Gasteiger partial charge in [-0.1, -0.05) is 30.3 Å². The lowest BCUT2D eigenvalue weighted by Gasteiger charge is -2.27. The number of nitrogens with two attached hydrogens (primary N) is 1. The van der Waals surface area contributed by atoms with Crippen LogP contribution in [0.25, 0.3) is 11.3 Å². The van der Waals surface area contributed by atoms with Gasteiger partial charge in [0.25, 0.3) is 0 Å². The number of nitrogens with zero attached hydrogens (tertiary/aromatic N) is 3. The number of anilines is 2. The van der Waals surface area contributed by atoms with E-state index in [9.17, 15) is 4.79 Å². The van der Waals surface area contributed by atoms with Gasteiger partial charge in [0.1, 0.15) is 5.82 Å². The summed E-state index contributed by atoms with van der Waals surface area (Å²) in [4.78, 5) is 16.8. The molecule has 0 amide bonds. The van der Waals surface area contributed by atoms with Crippen LogP contribution >= 0.6 is 0 Å². The minimum Gasteiger partial charge on any atom is -0.459 e. The van der Waals surface area contributed by atoms with Crippen molar-refractivity contribution < 1.29 is 9.53 Å². The fourth-order valence-electron chi connectivity index (χ4n) is 3.95. The molecule has 31 heavy (non-hydrogen) atoms. The molecule has 0 spiro atoms. The van der Waals surface area contributed by atoms with Crippen LogP contribution in [0.5, 0.6) is 0 Å². The van der Waals surface area contributed by atoms with E-state index in [2.05, 4.69) is 10.3 Å². The molecule has 0 bridgehead atoms. The maximum Gasteiger partial charge on any atom is 0.340 e. The summed E-state index contributed by atoms with van der Waals surface area (Å²) < 4.78 is 7.44. The zero-order valence-corrected chi connectivity index (χ0v) is 18.0. The molecular weight excluding hydrogens is 390 g/mol. The third kappa shape index (κ3) is 4.94. The predicted molar refractivity (Wildman–Crippen MR) is 121 cm³/mol. The van der Waals surface area contributed by atoms with Gasteiger partial charge in [0.2, 0.25) is 0 Å². The van der Waals surface area contributed by atoms with Crippen molar-refractivity contribution in [2.45, 2.75) is 57.7 Å². The number of hydrogen-bond donors (Lipinski definition) is 2. The number of carbonyl (C=O) groups is 1. The number of pyridine rings is 1. The molecule has 162 valence electrons. The van der Waals surface area contributed by atoms with Gasteiger partial charge in [0, 0.05) is 23.9 Å². The Bertz CT molecular complexity index is 1020. The molecular formula is C24H29N5O2. The van der Waals surface area contributed by atoms with Gasteiger partial charge < -0.3 is 15.8 Å². The van der Waals surface area contributed by atoms with Crippen LogP contribution in [0.3, 0.4) is 0 Å². The minimum atomic E-state index is -0.377. The van der Waals surface area contributed by atoms with E-state index in [1.54, 1.807) is 18.5 Å². The van der Waals surface area contributed by atoms with Crippen LogP contribution in [-0.4, -0.2) is 32.9 Å². The normalized spacial score (nSPS) is 18.7. The highest BCUT2D eigenvalue weighted by atomic mass is 16.5. The van der Waals surface area contributed by atoms with E-state index in [1.165, 1.54) is 0 Å². The number of carbonyl (C=O) groups excluding carboxylic acids is 1. The first-order valence-corrected chi connectivity index (χ1v) is 10.8. The van der Waals surface area contributed by atoms with Crippen LogP contribution in [0.2, 0.25) is 0 Å². The molecule has 1 aliphatic rings. The van der Waals surface area contributed by atoms with Crippen molar-refractivity contribution in [2.75, 3.05) is 5.32 Å². The van der Waals surface area contributed by atoms with Gasteiger partial charge in [-0.3, -0.25) is 4.98 Å². The summed E-state index contributed by atoms with van der Waals surface area (Å²) in [5.74, 6) is 0.448. The van der Waals surface area contributed by atoms with E-state index in [1.807, 2.05) is 54.9 Å². The lowest BCUT2D eigenvalue weighted by Crippen LogP contribution is -2.28. The lowest BCUT2D eigenvalue weighted by atomic mass is 9.92. The minimum absolute atomic E-state index is 0.199. The first-order chi connectivity index (χ1) is 15.0. The van der Waals surface area contributed by atoms with Crippen LogP contribution in [0.4, 0.5) is 11.5 Å². The fourth-order valence-corrected chi connectivity index (χ4v) is 3.95. The van der Waals surface area contributed by atoms with E-state index in [-0.39, 0.29) is 24.2 Å². The number of aromatic nitrogens is 3. The van der Waals surface area contributed by atoms with Crippen molar-refractivity contribution in [2.24, 2.45) is 5.73 Å². The zero-order valence-electron chi connectivity index (χ0n) is 18.0. The van der Waals surface area contributed by atoms with Crippen LogP contribution < -0.4 is 11.1 Å². The van der Waals surface area contributed by atoms with Crippen LogP contribution in [0.15, 0.2) is 54.9 Å². The summed E-state index contributed by atoms with van der Waals surface area (Å²) in [5, 5.41) is 8.32. The van der Waals surface area contributed by atoms with Gasteiger partial charge >= 0.3 is 5.97 Å². The first-order valence-electron chi connectivity index (χ1n) is 10.8. The molecule has 0 radical (unpaired) electrons. The fraction of sp³-hybridized carbons (Fsp3) is 0.375. The number of esters is 1. The second-order valence-corrected chi connectivity index (χ2v) is 8.29. The van der Waals surface area contributed by atoms with E-state index in [0.717, 1.165) is 42.8 Å². The van der Waals surface area contributed by atoms with Crippen LogP contribution in [0, 0.1) is 0 Å². The van der Waals surface area contributed by atoms with Crippen molar-refractivity contribution >= 4 is 17.5 Å². The predicted octanol–water partition coefficient (Wildman–Crippen LogP) is 4.70. The molecule has 7 nitrogen and oxygen atoms in total. The van der Waals surface area contributed by atoms with Crippen molar-refractivity contribution in [1.29, 1.82) is 0 Å². The van der Waals surface area contributed by atoms with Gasteiger partial charge in [0.15, 0.2) is 0 Å². The summed E-state index contributed by atoms with van der Waals surface area (Å²) >= 11 is 0.